The molecular weight excluding hydrogens is 1020 g/mol. The summed E-state index contributed by atoms with van der Waals surface area (Å²) in [6.45, 7) is 6.28. The van der Waals surface area contributed by atoms with Crippen molar-refractivity contribution >= 4 is 68.2 Å². The van der Waals surface area contributed by atoms with Crippen LogP contribution in [0, 0.1) is 0 Å². The minimum absolute atomic E-state index is 0.00552. The summed E-state index contributed by atoms with van der Waals surface area (Å²) >= 11 is 25.8. The minimum atomic E-state index is -3.83. The Morgan fingerprint density at radius 3 is 1.61 bits per heavy atom. The maximum absolute atomic E-state index is 13.1. The van der Waals surface area contributed by atoms with Crippen LogP contribution in [0.1, 0.15) is 50.8 Å². The SMILES string of the molecule is CN1Cc2c(Cl)cc(Cl)cc2C(c2cccc(CCNCCOCCOCCNC(=O)C(O)C(O)C(=O)NCCOCCOCCNS(=O)(=O)c3cccc(C4CN(C)Cc5c(Cl)cc(Cl)cc54)c3)c2)C1. The molecule has 21 heteroatoms. The van der Waals surface area contributed by atoms with E-state index in [1.54, 1.807) is 18.2 Å². The predicted octanol–water partition coefficient (Wildman–Crippen LogP) is 4.59. The highest BCUT2D eigenvalue weighted by atomic mass is 35.5. The second kappa shape index (κ2) is 28.3. The zero-order valence-electron chi connectivity index (χ0n) is 39.9. The number of hydrogen-bond acceptors (Lipinski definition) is 13. The quantitative estimate of drug-likeness (QED) is 0.0433. The highest BCUT2D eigenvalue weighted by Gasteiger charge is 2.31. The van der Waals surface area contributed by atoms with Gasteiger partial charge in [0.15, 0.2) is 12.2 Å². The Hall–Kier alpha value is -3.47. The van der Waals surface area contributed by atoms with Gasteiger partial charge in [-0.2, -0.15) is 0 Å². The van der Waals surface area contributed by atoms with Gasteiger partial charge in [-0.3, -0.25) is 9.59 Å². The summed E-state index contributed by atoms with van der Waals surface area (Å²) in [5.74, 6) is -1.80. The number of aliphatic hydroxyl groups excluding tert-OH is 2. The second-order valence-electron chi connectivity index (χ2n) is 17.5. The van der Waals surface area contributed by atoms with Crippen LogP contribution in [-0.2, 0) is 58.1 Å². The van der Waals surface area contributed by atoms with E-state index in [0.29, 0.717) is 59.5 Å². The fraction of sp³-hybridized carbons (Fsp3) is 0.480. The van der Waals surface area contributed by atoms with Crippen LogP contribution in [0.5, 0.6) is 0 Å². The van der Waals surface area contributed by atoms with Gasteiger partial charge in [-0.05, 0) is 102 Å². The summed E-state index contributed by atoms with van der Waals surface area (Å²) in [6, 6.07) is 22.9. The molecule has 388 valence electrons. The number of carbonyl (C=O) groups excluding carboxylic acids is 2. The Morgan fingerprint density at radius 1 is 0.620 bits per heavy atom. The first kappa shape index (κ1) is 56.8. The molecule has 0 saturated heterocycles. The number of halogens is 4. The van der Waals surface area contributed by atoms with Crippen LogP contribution in [0.3, 0.4) is 0 Å². The van der Waals surface area contributed by atoms with E-state index in [0.717, 1.165) is 48.3 Å². The molecule has 71 heavy (non-hydrogen) atoms. The van der Waals surface area contributed by atoms with E-state index in [9.17, 15) is 28.2 Å². The number of fused-ring (bicyclic) bond motifs is 2. The maximum atomic E-state index is 13.1. The Balaban J connectivity index is 0.743. The van der Waals surface area contributed by atoms with Gasteiger partial charge in [0, 0.05) is 84.3 Å². The van der Waals surface area contributed by atoms with Gasteiger partial charge < -0.3 is 54.9 Å². The molecule has 0 radical (unpaired) electrons. The van der Waals surface area contributed by atoms with Gasteiger partial charge in [-0.15, -0.1) is 0 Å². The van der Waals surface area contributed by atoms with E-state index < -0.39 is 34.0 Å². The van der Waals surface area contributed by atoms with Crippen LogP contribution in [0.4, 0.5) is 0 Å². The molecule has 4 aromatic carbocycles. The lowest BCUT2D eigenvalue weighted by Crippen LogP contribution is -2.50. The van der Waals surface area contributed by atoms with Crippen molar-refractivity contribution in [3.05, 3.63) is 132 Å². The molecule has 0 saturated carbocycles. The van der Waals surface area contributed by atoms with Gasteiger partial charge in [-0.1, -0.05) is 82.8 Å². The van der Waals surface area contributed by atoms with Crippen molar-refractivity contribution in [1.82, 2.24) is 30.5 Å². The van der Waals surface area contributed by atoms with E-state index in [-0.39, 0.29) is 69.4 Å². The molecule has 2 aliphatic heterocycles. The van der Waals surface area contributed by atoms with Gasteiger partial charge in [0.2, 0.25) is 10.0 Å². The topological polar surface area (TPSA) is 200 Å². The third-order valence-corrected chi connectivity index (χ3v) is 14.7. The molecule has 0 aliphatic carbocycles. The monoisotopic (exact) mass is 1080 g/mol. The van der Waals surface area contributed by atoms with Gasteiger partial charge >= 0.3 is 0 Å². The number of amides is 2. The third kappa shape index (κ3) is 17.0. The van der Waals surface area contributed by atoms with E-state index in [2.05, 4.69) is 61.8 Å². The molecule has 2 aliphatic rings. The smallest absolute Gasteiger partial charge is 0.252 e. The average Bonchev–Trinajstić information content (AvgIpc) is 3.34. The zero-order valence-corrected chi connectivity index (χ0v) is 43.8. The van der Waals surface area contributed by atoms with Crippen LogP contribution in [0.25, 0.3) is 0 Å². The Morgan fingerprint density at radius 2 is 1.08 bits per heavy atom. The summed E-state index contributed by atoms with van der Waals surface area (Å²) in [5.41, 5.74) is 7.58. The number of nitrogens with one attached hydrogen (secondary N) is 4. The van der Waals surface area contributed by atoms with E-state index >= 15 is 0 Å². The molecule has 2 amide bonds. The van der Waals surface area contributed by atoms with Crippen LogP contribution in [-0.4, -0.2) is 165 Å². The maximum Gasteiger partial charge on any atom is 0.252 e. The van der Waals surface area contributed by atoms with Crippen molar-refractivity contribution in [3.8, 4) is 0 Å². The first-order valence-electron chi connectivity index (χ1n) is 23.6. The van der Waals surface area contributed by atoms with Crippen LogP contribution >= 0.6 is 46.4 Å². The molecular formula is C50H64Cl4N6O10S. The number of rotatable bonds is 28. The Labute approximate surface area is 436 Å². The summed E-state index contributed by atoms with van der Waals surface area (Å²) < 4.78 is 50.9. The summed E-state index contributed by atoms with van der Waals surface area (Å²) in [5, 5.41) is 31.1. The molecule has 2 heterocycles. The number of benzene rings is 4. The van der Waals surface area contributed by atoms with E-state index in [4.69, 9.17) is 65.4 Å². The average molecular weight is 1080 g/mol. The van der Waals surface area contributed by atoms with E-state index in [1.165, 1.54) is 22.8 Å². The number of ether oxygens (including phenoxy) is 4. The first-order chi connectivity index (χ1) is 34.1. The molecule has 6 rings (SSSR count). The van der Waals surface area contributed by atoms with Gasteiger partial charge in [-0.25, -0.2) is 13.1 Å². The highest BCUT2D eigenvalue weighted by molar-refractivity contribution is 7.89. The molecule has 16 nitrogen and oxygen atoms in total. The van der Waals surface area contributed by atoms with Crippen LogP contribution in [0.15, 0.2) is 77.7 Å². The largest absolute Gasteiger partial charge is 0.380 e. The number of sulfonamides is 1. The standard InChI is InChI=1S/C50H64Cl4N6O10S/c1-59-29-41(39-25-36(51)27-45(53)43(39)31-59)34-6-3-5-33(23-34)9-10-55-11-15-67-19-20-68-16-12-56-49(63)47(61)48(62)50(64)57-13-17-69-21-22-70-18-14-58-71(65,66)38-8-4-7-35(24-38)42-30-60(2)32-44-40(42)26-37(52)28-46(44)54/h3-8,23-28,41-42,47-48,55,58,61-62H,9-22,29-32H2,1-2H3,(H,56,63)(H,57,64). The summed E-state index contributed by atoms with van der Waals surface area (Å²) in [6.07, 6.45) is -3.12. The van der Waals surface area contributed by atoms with Crippen molar-refractivity contribution in [2.45, 2.75) is 48.4 Å². The summed E-state index contributed by atoms with van der Waals surface area (Å²) in [4.78, 5) is 29.2. The molecule has 4 unspecified atom stereocenters. The normalized spacial score (nSPS) is 17.1. The Bertz CT molecular complexity index is 2510. The predicted molar refractivity (Wildman–Crippen MR) is 275 cm³/mol. The van der Waals surface area contributed by atoms with Crippen molar-refractivity contribution in [2.24, 2.45) is 0 Å². The molecule has 0 fully saturated rings. The number of aliphatic hydroxyl groups is 2. The van der Waals surface area contributed by atoms with E-state index in [1.807, 2.05) is 31.3 Å². The van der Waals surface area contributed by atoms with Gasteiger partial charge in [0.25, 0.3) is 11.8 Å². The Kier molecular flexibility index (Phi) is 22.6. The zero-order chi connectivity index (χ0) is 50.9. The van der Waals surface area contributed by atoms with Crippen molar-refractivity contribution in [2.75, 3.05) is 113 Å². The number of nitrogens with zero attached hydrogens (tertiary/aromatic N) is 2. The van der Waals surface area contributed by atoms with Gasteiger partial charge in [0.05, 0.1) is 57.8 Å². The van der Waals surface area contributed by atoms with Crippen LogP contribution < -0.4 is 20.7 Å². The lowest BCUT2D eigenvalue weighted by molar-refractivity contribution is -0.146. The molecule has 6 N–H and O–H groups in total. The number of hydrogen-bond donors (Lipinski definition) is 6. The fourth-order valence-corrected chi connectivity index (χ4v) is 10.8. The fourth-order valence-electron chi connectivity index (χ4n) is 8.59. The van der Waals surface area contributed by atoms with Gasteiger partial charge in [0.1, 0.15) is 0 Å². The molecule has 4 atom stereocenters. The molecule has 4 aromatic rings. The van der Waals surface area contributed by atoms with Crippen molar-refractivity contribution < 1.29 is 47.2 Å². The first-order valence-corrected chi connectivity index (χ1v) is 26.5. The second-order valence-corrected chi connectivity index (χ2v) is 21.0. The van der Waals surface area contributed by atoms with Crippen molar-refractivity contribution in [1.29, 1.82) is 0 Å². The summed E-state index contributed by atoms with van der Waals surface area (Å²) in [7, 11) is 0.258. The lowest BCUT2D eigenvalue weighted by atomic mass is 9.84. The third-order valence-electron chi connectivity index (χ3n) is 12.1. The molecule has 0 bridgehead atoms. The minimum Gasteiger partial charge on any atom is -0.380 e. The number of likely N-dealkylation sites (N-methyl/N-ethyl adjacent to an activating group) is 2. The molecule has 0 aromatic heterocycles. The highest BCUT2D eigenvalue weighted by Crippen LogP contribution is 2.40. The number of carbonyl (C=O) groups is 2. The molecule has 0 spiro atoms. The lowest BCUT2D eigenvalue weighted by Gasteiger charge is -2.33. The van der Waals surface area contributed by atoms with Crippen molar-refractivity contribution in [3.63, 3.8) is 0 Å². The van der Waals surface area contributed by atoms with Crippen LogP contribution in [0.2, 0.25) is 20.1 Å².